The van der Waals surface area contributed by atoms with E-state index in [0.717, 1.165) is 6.42 Å². The Morgan fingerprint density at radius 2 is 2.00 bits per heavy atom. The van der Waals surface area contributed by atoms with Crippen molar-refractivity contribution in [1.29, 1.82) is 0 Å². The second-order valence-corrected chi connectivity index (χ2v) is 4.74. The maximum absolute atomic E-state index is 11.5. The highest BCUT2D eigenvalue weighted by Gasteiger charge is 2.14. The third-order valence-electron chi connectivity index (χ3n) is 1.93. The predicted octanol–water partition coefficient (Wildman–Crippen LogP) is 0.916. The first kappa shape index (κ1) is 14.4. The number of methoxy groups -OCH3 is 1. The van der Waals surface area contributed by atoms with Gasteiger partial charge >= 0.3 is 0 Å². The normalized spacial score (nSPS) is 13.7. The topological polar surface area (TPSA) is 50.4 Å². The molecule has 0 aromatic heterocycles. The molecule has 4 nitrogen and oxygen atoms in total. The van der Waals surface area contributed by atoms with Gasteiger partial charge in [0.1, 0.15) is 0 Å². The van der Waals surface area contributed by atoms with E-state index in [4.69, 9.17) is 4.74 Å². The van der Waals surface area contributed by atoms with E-state index in [1.807, 2.05) is 20.8 Å². The number of amides is 1. The van der Waals surface area contributed by atoms with Crippen LogP contribution in [0.15, 0.2) is 0 Å². The Balaban J connectivity index is 3.78. The number of carbonyl (C=O) groups is 1. The van der Waals surface area contributed by atoms with E-state index >= 15 is 0 Å². The molecule has 0 saturated heterocycles. The van der Waals surface area contributed by atoms with Crippen LogP contribution >= 0.6 is 0 Å². The Kier molecular flexibility index (Phi) is 6.52. The molecule has 0 rings (SSSR count). The number of hydrogen-bond acceptors (Lipinski definition) is 3. The first-order valence-corrected chi connectivity index (χ1v) is 5.42. The van der Waals surface area contributed by atoms with Crippen molar-refractivity contribution in [3.63, 3.8) is 0 Å². The summed E-state index contributed by atoms with van der Waals surface area (Å²) in [6.07, 6.45) is 0.955. The largest absolute Gasteiger partial charge is 0.383 e. The van der Waals surface area contributed by atoms with Gasteiger partial charge in [0.05, 0.1) is 13.2 Å². The zero-order valence-corrected chi connectivity index (χ0v) is 10.5. The molecule has 15 heavy (non-hydrogen) atoms. The molecule has 0 aliphatic rings. The Bertz CT molecular complexity index is 188. The van der Waals surface area contributed by atoms with Crippen LogP contribution in [0.3, 0.4) is 0 Å². The van der Waals surface area contributed by atoms with Crippen LogP contribution in [0.1, 0.15) is 34.1 Å². The molecule has 0 radical (unpaired) electrons. The first-order chi connectivity index (χ1) is 6.89. The molecule has 0 aromatic rings. The van der Waals surface area contributed by atoms with Crippen LogP contribution in [-0.4, -0.2) is 37.7 Å². The molecule has 1 unspecified atom stereocenters. The monoisotopic (exact) mass is 216 g/mol. The second-order valence-electron chi connectivity index (χ2n) is 4.74. The number of carbonyl (C=O) groups excluding carboxylic acids is 1. The van der Waals surface area contributed by atoms with Crippen LogP contribution < -0.4 is 10.6 Å². The highest BCUT2D eigenvalue weighted by atomic mass is 16.5. The number of ether oxygens (including phenoxy) is 1. The fourth-order valence-electron chi connectivity index (χ4n) is 1.22. The molecule has 0 aliphatic carbocycles. The first-order valence-electron chi connectivity index (χ1n) is 5.42. The van der Waals surface area contributed by atoms with Gasteiger partial charge in [-0.2, -0.15) is 0 Å². The summed E-state index contributed by atoms with van der Waals surface area (Å²) in [5, 5.41) is 6.05. The summed E-state index contributed by atoms with van der Waals surface area (Å²) in [5.41, 5.74) is -0.165. The minimum Gasteiger partial charge on any atom is -0.383 e. The molecule has 0 spiro atoms. The standard InChI is InChI=1S/C11H24N2O2/c1-6-9(8-15-5)12-7-10(14)13-11(2,3)4/h9,12H,6-8H2,1-5H3,(H,13,14). The Hall–Kier alpha value is -0.610. The maximum Gasteiger partial charge on any atom is 0.234 e. The van der Waals surface area contributed by atoms with Crippen molar-refractivity contribution < 1.29 is 9.53 Å². The molecule has 0 fully saturated rings. The number of nitrogens with one attached hydrogen (secondary N) is 2. The van der Waals surface area contributed by atoms with Gasteiger partial charge < -0.3 is 15.4 Å². The van der Waals surface area contributed by atoms with E-state index in [-0.39, 0.29) is 17.5 Å². The van der Waals surface area contributed by atoms with Gasteiger partial charge in [-0.3, -0.25) is 4.79 Å². The molecular weight excluding hydrogens is 192 g/mol. The summed E-state index contributed by atoms with van der Waals surface area (Å²) in [4.78, 5) is 11.5. The quantitative estimate of drug-likeness (QED) is 0.694. The van der Waals surface area contributed by atoms with Crippen LogP contribution in [0.5, 0.6) is 0 Å². The molecule has 4 heteroatoms. The Morgan fingerprint density at radius 3 is 2.40 bits per heavy atom. The van der Waals surface area contributed by atoms with Gasteiger partial charge in [-0.05, 0) is 27.2 Å². The third-order valence-corrected chi connectivity index (χ3v) is 1.93. The van der Waals surface area contributed by atoms with E-state index in [1.54, 1.807) is 7.11 Å². The second kappa shape index (κ2) is 6.80. The molecular formula is C11H24N2O2. The molecule has 0 aliphatic heterocycles. The lowest BCUT2D eigenvalue weighted by Crippen LogP contribution is -2.47. The van der Waals surface area contributed by atoms with Crippen LogP contribution in [0.2, 0.25) is 0 Å². The summed E-state index contributed by atoms with van der Waals surface area (Å²) >= 11 is 0. The molecule has 1 atom stereocenters. The van der Waals surface area contributed by atoms with Gasteiger partial charge in [-0.15, -0.1) is 0 Å². The smallest absolute Gasteiger partial charge is 0.234 e. The number of rotatable bonds is 6. The highest BCUT2D eigenvalue weighted by Crippen LogP contribution is 1.97. The van der Waals surface area contributed by atoms with Gasteiger partial charge in [0.15, 0.2) is 0 Å². The van der Waals surface area contributed by atoms with Crippen molar-refractivity contribution in [3.8, 4) is 0 Å². The molecule has 0 saturated carbocycles. The number of hydrogen-bond donors (Lipinski definition) is 2. The highest BCUT2D eigenvalue weighted by molar-refractivity contribution is 5.78. The lowest BCUT2D eigenvalue weighted by atomic mass is 10.1. The van der Waals surface area contributed by atoms with Crippen molar-refractivity contribution in [2.75, 3.05) is 20.3 Å². The van der Waals surface area contributed by atoms with E-state index in [0.29, 0.717) is 13.2 Å². The van der Waals surface area contributed by atoms with Gasteiger partial charge in [-0.25, -0.2) is 0 Å². The lowest BCUT2D eigenvalue weighted by molar-refractivity contribution is -0.121. The van der Waals surface area contributed by atoms with E-state index in [2.05, 4.69) is 17.6 Å². The van der Waals surface area contributed by atoms with Gasteiger partial charge in [0.25, 0.3) is 0 Å². The molecule has 2 N–H and O–H groups in total. The summed E-state index contributed by atoms with van der Waals surface area (Å²) in [6.45, 7) is 8.96. The molecule has 1 amide bonds. The minimum atomic E-state index is -0.165. The third kappa shape index (κ3) is 8.39. The molecule has 90 valence electrons. The summed E-state index contributed by atoms with van der Waals surface area (Å²) < 4.78 is 5.03. The van der Waals surface area contributed by atoms with Gasteiger partial charge in [-0.1, -0.05) is 6.92 Å². The average molecular weight is 216 g/mol. The maximum atomic E-state index is 11.5. The van der Waals surface area contributed by atoms with Gasteiger partial charge in [0, 0.05) is 18.7 Å². The van der Waals surface area contributed by atoms with Gasteiger partial charge in [0.2, 0.25) is 5.91 Å². The SMILES string of the molecule is CCC(COC)NCC(=O)NC(C)(C)C. The van der Waals surface area contributed by atoms with E-state index in [9.17, 15) is 4.79 Å². The summed E-state index contributed by atoms with van der Waals surface area (Å²) in [7, 11) is 1.67. The minimum absolute atomic E-state index is 0.0250. The van der Waals surface area contributed by atoms with Crippen LogP contribution in [-0.2, 0) is 9.53 Å². The Morgan fingerprint density at radius 1 is 1.40 bits per heavy atom. The van der Waals surface area contributed by atoms with Crippen molar-refractivity contribution in [2.45, 2.75) is 45.7 Å². The average Bonchev–Trinajstić information content (AvgIpc) is 2.09. The zero-order valence-electron chi connectivity index (χ0n) is 10.5. The van der Waals surface area contributed by atoms with E-state index in [1.165, 1.54) is 0 Å². The molecule has 0 bridgehead atoms. The Labute approximate surface area is 92.8 Å². The van der Waals surface area contributed by atoms with Crippen LogP contribution in [0, 0.1) is 0 Å². The predicted molar refractivity (Wildman–Crippen MR) is 61.9 cm³/mol. The van der Waals surface area contributed by atoms with E-state index < -0.39 is 0 Å². The van der Waals surface area contributed by atoms with Crippen LogP contribution in [0.4, 0.5) is 0 Å². The van der Waals surface area contributed by atoms with Crippen molar-refractivity contribution in [2.24, 2.45) is 0 Å². The lowest BCUT2D eigenvalue weighted by Gasteiger charge is -2.22. The fourth-order valence-corrected chi connectivity index (χ4v) is 1.22. The summed E-state index contributed by atoms with van der Waals surface area (Å²) in [6, 6.07) is 0.251. The molecule has 0 aromatic carbocycles. The molecule has 0 heterocycles. The van der Waals surface area contributed by atoms with Crippen molar-refractivity contribution in [1.82, 2.24) is 10.6 Å². The van der Waals surface area contributed by atoms with Crippen molar-refractivity contribution >= 4 is 5.91 Å². The fraction of sp³-hybridized carbons (Fsp3) is 0.909. The van der Waals surface area contributed by atoms with Crippen LogP contribution in [0.25, 0.3) is 0 Å². The van der Waals surface area contributed by atoms with Crippen molar-refractivity contribution in [3.05, 3.63) is 0 Å². The summed E-state index contributed by atoms with van der Waals surface area (Å²) in [5.74, 6) is 0.0250. The zero-order chi connectivity index (χ0) is 11.9.